The van der Waals surface area contributed by atoms with Crippen LogP contribution in [0.15, 0.2) is 30.3 Å². The molecule has 1 aliphatic rings. The Morgan fingerprint density at radius 2 is 2.10 bits per heavy atom. The summed E-state index contributed by atoms with van der Waals surface area (Å²) in [5.74, 6) is -0.846. The third kappa shape index (κ3) is 2.96. The van der Waals surface area contributed by atoms with Crippen molar-refractivity contribution in [2.24, 2.45) is 5.73 Å². The number of anilines is 1. The highest BCUT2D eigenvalue weighted by atomic mass is 32.1. The molecule has 0 saturated heterocycles. The molecular formula is C15H15N3OS2. The van der Waals surface area contributed by atoms with Crippen LogP contribution in [0.4, 0.5) is 5.13 Å². The van der Waals surface area contributed by atoms with Crippen LogP contribution in [-0.4, -0.2) is 15.9 Å². The molecule has 6 heteroatoms. The zero-order chi connectivity index (χ0) is 14.8. The maximum Gasteiger partial charge on any atom is 0.240 e. The lowest BCUT2D eigenvalue weighted by molar-refractivity contribution is -0.116. The predicted octanol–water partition coefficient (Wildman–Crippen LogP) is 2.64. The van der Waals surface area contributed by atoms with Crippen molar-refractivity contribution in [2.45, 2.75) is 25.2 Å². The van der Waals surface area contributed by atoms with Gasteiger partial charge in [-0.05, 0) is 24.8 Å². The van der Waals surface area contributed by atoms with Crippen LogP contribution in [0.2, 0.25) is 0 Å². The number of aryl methyl sites for hydroxylation is 2. The lowest BCUT2D eigenvalue weighted by Gasteiger charge is -2.14. The van der Waals surface area contributed by atoms with Gasteiger partial charge in [-0.2, -0.15) is 0 Å². The van der Waals surface area contributed by atoms with Crippen molar-refractivity contribution in [3.63, 3.8) is 0 Å². The van der Waals surface area contributed by atoms with E-state index in [-0.39, 0.29) is 10.9 Å². The lowest BCUT2D eigenvalue weighted by atomic mass is 9.98. The van der Waals surface area contributed by atoms with Crippen molar-refractivity contribution in [2.75, 3.05) is 5.32 Å². The Balaban J connectivity index is 1.80. The fourth-order valence-corrected chi connectivity index (χ4v) is 3.81. The van der Waals surface area contributed by atoms with E-state index in [9.17, 15) is 4.79 Å². The summed E-state index contributed by atoms with van der Waals surface area (Å²) in [6.07, 6.45) is 3.21. The van der Waals surface area contributed by atoms with Gasteiger partial charge in [0.25, 0.3) is 0 Å². The van der Waals surface area contributed by atoms with Crippen LogP contribution in [0.5, 0.6) is 0 Å². The summed E-state index contributed by atoms with van der Waals surface area (Å²) in [4.78, 5) is 18.4. The van der Waals surface area contributed by atoms with Gasteiger partial charge in [0.1, 0.15) is 5.92 Å². The maximum atomic E-state index is 12.5. The zero-order valence-electron chi connectivity index (χ0n) is 11.3. The van der Waals surface area contributed by atoms with E-state index in [1.807, 2.05) is 30.3 Å². The summed E-state index contributed by atoms with van der Waals surface area (Å²) in [5.41, 5.74) is 7.66. The number of carbonyl (C=O) groups excluding carboxylic acids is 1. The van der Waals surface area contributed by atoms with Gasteiger partial charge in [-0.3, -0.25) is 4.79 Å². The lowest BCUT2D eigenvalue weighted by Crippen LogP contribution is -2.31. The number of thiazole rings is 1. The van der Waals surface area contributed by atoms with Crippen LogP contribution in [0.1, 0.15) is 28.5 Å². The highest BCUT2D eigenvalue weighted by Crippen LogP contribution is 2.31. The normalized spacial score (nSPS) is 14.5. The van der Waals surface area contributed by atoms with Crippen molar-refractivity contribution >= 4 is 39.6 Å². The molecule has 1 atom stereocenters. The van der Waals surface area contributed by atoms with Crippen molar-refractivity contribution in [1.29, 1.82) is 0 Å². The van der Waals surface area contributed by atoms with E-state index in [1.165, 1.54) is 4.88 Å². The first-order valence-corrected chi connectivity index (χ1v) is 8.01. The van der Waals surface area contributed by atoms with Gasteiger partial charge >= 0.3 is 0 Å². The van der Waals surface area contributed by atoms with Crippen molar-refractivity contribution in [3.05, 3.63) is 46.5 Å². The topological polar surface area (TPSA) is 68.0 Å². The molecule has 0 radical (unpaired) electrons. The summed E-state index contributed by atoms with van der Waals surface area (Å²) >= 11 is 6.60. The molecule has 3 N–H and O–H groups in total. The Morgan fingerprint density at radius 3 is 2.76 bits per heavy atom. The van der Waals surface area contributed by atoms with Crippen molar-refractivity contribution in [3.8, 4) is 0 Å². The fraction of sp³-hybridized carbons (Fsp3) is 0.267. The second-order valence-electron chi connectivity index (χ2n) is 4.98. The molecule has 1 unspecified atom stereocenters. The van der Waals surface area contributed by atoms with Crippen LogP contribution in [-0.2, 0) is 17.6 Å². The molecule has 0 saturated carbocycles. The van der Waals surface area contributed by atoms with Gasteiger partial charge in [0.05, 0.1) is 10.7 Å². The first-order valence-electron chi connectivity index (χ1n) is 6.79. The number of rotatable bonds is 4. The van der Waals surface area contributed by atoms with Crippen LogP contribution in [0, 0.1) is 0 Å². The zero-order valence-corrected chi connectivity index (χ0v) is 13.0. The molecule has 0 spiro atoms. The van der Waals surface area contributed by atoms with E-state index < -0.39 is 5.92 Å². The summed E-state index contributed by atoms with van der Waals surface area (Å²) in [7, 11) is 0. The van der Waals surface area contributed by atoms with Crippen molar-refractivity contribution < 1.29 is 4.79 Å². The first-order chi connectivity index (χ1) is 10.1. The molecule has 1 amide bonds. The Kier molecular flexibility index (Phi) is 3.98. The first kappa shape index (κ1) is 14.2. The molecule has 21 heavy (non-hydrogen) atoms. The highest BCUT2D eigenvalue weighted by Gasteiger charge is 2.25. The summed E-state index contributed by atoms with van der Waals surface area (Å²) in [6.45, 7) is 0. The third-order valence-electron chi connectivity index (χ3n) is 3.51. The number of aromatic nitrogens is 1. The maximum absolute atomic E-state index is 12.5. The van der Waals surface area contributed by atoms with E-state index in [1.54, 1.807) is 11.3 Å². The molecular weight excluding hydrogens is 302 g/mol. The predicted molar refractivity (Wildman–Crippen MR) is 88.7 cm³/mol. The number of amides is 1. The SMILES string of the molecule is NC(=S)C(C(=O)Nc1nc2c(s1)CCC2)c1ccccc1. The number of hydrogen-bond acceptors (Lipinski definition) is 4. The van der Waals surface area contributed by atoms with Gasteiger partial charge in [-0.25, -0.2) is 4.98 Å². The van der Waals surface area contributed by atoms with Gasteiger partial charge < -0.3 is 11.1 Å². The fourth-order valence-electron chi connectivity index (χ4n) is 2.51. The average molecular weight is 317 g/mol. The summed E-state index contributed by atoms with van der Waals surface area (Å²) in [6, 6.07) is 9.33. The molecule has 1 aromatic carbocycles. The number of carbonyl (C=O) groups is 1. The molecule has 0 fully saturated rings. The minimum absolute atomic E-state index is 0.169. The molecule has 3 rings (SSSR count). The molecule has 108 valence electrons. The minimum atomic E-state index is -0.625. The van der Waals surface area contributed by atoms with Crippen LogP contribution < -0.4 is 11.1 Å². The quantitative estimate of drug-likeness (QED) is 0.851. The Labute approximate surface area is 132 Å². The molecule has 0 aliphatic heterocycles. The van der Waals surface area contributed by atoms with E-state index >= 15 is 0 Å². The second-order valence-corrected chi connectivity index (χ2v) is 6.53. The molecule has 1 aromatic heterocycles. The smallest absolute Gasteiger partial charge is 0.240 e. The Morgan fingerprint density at radius 1 is 1.33 bits per heavy atom. The number of thiocarbonyl (C=S) groups is 1. The number of nitrogens with two attached hydrogens (primary N) is 1. The minimum Gasteiger partial charge on any atom is -0.392 e. The number of nitrogens with zero attached hydrogens (tertiary/aromatic N) is 1. The number of fused-ring (bicyclic) bond motifs is 1. The van der Waals surface area contributed by atoms with Gasteiger partial charge in [-0.15, -0.1) is 11.3 Å². The monoisotopic (exact) mass is 317 g/mol. The van der Waals surface area contributed by atoms with Gasteiger partial charge in [-0.1, -0.05) is 42.5 Å². The number of benzene rings is 1. The summed E-state index contributed by atoms with van der Waals surface area (Å²) in [5, 5.41) is 3.49. The van der Waals surface area contributed by atoms with E-state index in [0.29, 0.717) is 5.13 Å². The third-order valence-corrected chi connectivity index (χ3v) is 4.81. The Hall–Kier alpha value is -1.79. The molecule has 1 aliphatic carbocycles. The van der Waals surface area contributed by atoms with Crippen molar-refractivity contribution in [1.82, 2.24) is 4.98 Å². The molecule has 4 nitrogen and oxygen atoms in total. The average Bonchev–Trinajstić information content (AvgIpc) is 3.00. The van der Waals surface area contributed by atoms with Gasteiger partial charge in [0, 0.05) is 4.88 Å². The van der Waals surface area contributed by atoms with Gasteiger partial charge in [0.15, 0.2) is 5.13 Å². The van der Waals surface area contributed by atoms with E-state index in [4.69, 9.17) is 18.0 Å². The van der Waals surface area contributed by atoms with E-state index in [2.05, 4.69) is 10.3 Å². The van der Waals surface area contributed by atoms with Gasteiger partial charge in [0.2, 0.25) is 5.91 Å². The standard InChI is InChI=1S/C15H15N3OS2/c16-13(20)12(9-5-2-1-3-6-9)14(19)18-15-17-10-7-4-8-11(10)21-15/h1-3,5-6,12H,4,7-8H2,(H2,16,20)(H,17,18,19). The number of nitrogens with one attached hydrogen (secondary N) is 1. The largest absolute Gasteiger partial charge is 0.392 e. The Bertz CT molecular complexity index is 660. The summed E-state index contributed by atoms with van der Waals surface area (Å²) < 4.78 is 0. The number of hydrogen-bond donors (Lipinski definition) is 2. The highest BCUT2D eigenvalue weighted by molar-refractivity contribution is 7.80. The van der Waals surface area contributed by atoms with Crippen LogP contribution in [0.25, 0.3) is 0 Å². The second kappa shape index (κ2) is 5.91. The van der Waals surface area contributed by atoms with E-state index in [0.717, 1.165) is 30.5 Å². The van der Waals surface area contributed by atoms with Crippen LogP contribution >= 0.6 is 23.6 Å². The molecule has 2 aromatic rings. The molecule has 1 heterocycles. The molecule has 0 bridgehead atoms. The van der Waals surface area contributed by atoms with Crippen LogP contribution in [0.3, 0.4) is 0 Å².